The van der Waals surface area contributed by atoms with Crippen LogP contribution in [0.4, 0.5) is 13.2 Å². The Balaban J connectivity index is 3.53. The standard InChI is InChI=1S/C16H33F3N4O/c1-21(2)10-8-14-23(4)12-6-5-11-22(3)13-7-9-20-15(24)16(17,18)19/h5-14H2,1-4H3,(H,20,24). The molecule has 1 amide bonds. The molecule has 0 aromatic rings. The van der Waals surface area contributed by atoms with Crippen molar-refractivity contribution in [1.29, 1.82) is 0 Å². The molecule has 0 rings (SSSR count). The van der Waals surface area contributed by atoms with Gasteiger partial charge in [0.25, 0.3) is 0 Å². The average Bonchev–Trinajstić information content (AvgIpc) is 2.46. The Kier molecular flexibility index (Phi) is 12.0. The van der Waals surface area contributed by atoms with E-state index in [0.29, 0.717) is 13.0 Å². The average molecular weight is 354 g/mol. The Morgan fingerprint density at radius 1 is 0.792 bits per heavy atom. The second kappa shape index (κ2) is 12.5. The Hall–Kier alpha value is -0.860. The molecule has 24 heavy (non-hydrogen) atoms. The highest BCUT2D eigenvalue weighted by Gasteiger charge is 2.38. The summed E-state index contributed by atoms with van der Waals surface area (Å²) in [7, 11) is 8.23. The van der Waals surface area contributed by atoms with Crippen LogP contribution in [-0.4, -0.2) is 94.2 Å². The molecule has 0 aliphatic carbocycles. The molecule has 0 unspecified atom stereocenters. The van der Waals surface area contributed by atoms with E-state index in [9.17, 15) is 18.0 Å². The number of rotatable bonds is 13. The molecular weight excluding hydrogens is 321 g/mol. The summed E-state index contributed by atoms with van der Waals surface area (Å²) < 4.78 is 36.0. The highest BCUT2D eigenvalue weighted by molar-refractivity contribution is 5.81. The number of unbranched alkanes of at least 4 members (excludes halogenated alkanes) is 1. The third-order valence-corrected chi connectivity index (χ3v) is 3.73. The molecule has 0 saturated heterocycles. The maximum atomic E-state index is 12.0. The fourth-order valence-electron chi connectivity index (χ4n) is 2.30. The van der Waals surface area contributed by atoms with Crippen molar-refractivity contribution in [2.24, 2.45) is 0 Å². The summed E-state index contributed by atoms with van der Waals surface area (Å²) in [6.45, 7) is 4.89. The minimum Gasteiger partial charge on any atom is -0.348 e. The second-order valence-corrected chi connectivity index (χ2v) is 6.58. The van der Waals surface area contributed by atoms with Crippen LogP contribution in [-0.2, 0) is 4.79 Å². The highest BCUT2D eigenvalue weighted by atomic mass is 19.4. The Labute approximate surface area is 144 Å². The summed E-state index contributed by atoms with van der Waals surface area (Å²) in [5.41, 5.74) is 0. The first-order valence-electron chi connectivity index (χ1n) is 8.49. The molecule has 144 valence electrons. The first-order chi connectivity index (χ1) is 11.1. The van der Waals surface area contributed by atoms with Crippen molar-refractivity contribution in [2.75, 3.05) is 67.5 Å². The predicted octanol–water partition coefficient (Wildman–Crippen LogP) is 1.65. The molecular formula is C16H33F3N4O. The van der Waals surface area contributed by atoms with Crippen molar-refractivity contribution in [2.45, 2.75) is 31.9 Å². The molecule has 0 aliphatic rings. The van der Waals surface area contributed by atoms with E-state index in [0.717, 1.165) is 45.4 Å². The number of carbonyl (C=O) groups excluding carboxylic acids is 1. The van der Waals surface area contributed by atoms with Crippen molar-refractivity contribution in [3.8, 4) is 0 Å². The minimum absolute atomic E-state index is 0.0529. The summed E-state index contributed by atoms with van der Waals surface area (Å²) >= 11 is 0. The normalized spacial score (nSPS) is 12.4. The van der Waals surface area contributed by atoms with Gasteiger partial charge in [0.05, 0.1) is 0 Å². The predicted molar refractivity (Wildman–Crippen MR) is 91.1 cm³/mol. The van der Waals surface area contributed by atoms with Gasteiger partial charge in [-0.25, -0.2) is 0 Å². The van der Waals surface area contributed by atoms with Crippen molar-refractivity contribution in [3.63, 3.8) is 0 Å². The van der Waals surface area contributed by atoms with Crippen LogP contribution in [0.1, 0.15) is 25.7 Å². The molecule has 1 N–H and O–H groups in total. The molecule has 0 atom stereocenters. The lowest BCUT2D eigenvalue weighted by atomic mass is 10.2. The van der Waals surface area contributed by atoms with Crippen molar-refractivity contribution in [1.82, 2.24) is 20.0 Å². The molecule has 8 heteroatoms. The van der Waals surface area contributed by atoms with E-state index in [-0.39, 0.29) is 6.54 Å². The maximum absolute atomic E-state index is 12.0. The van der Waals surface area contributed by atoms with Gasteiger partial charge in [-0.15, -0.1) is 0 Å². The van der Waals surface area contributed by atoms with Crippen molar-refractivity contribution >= 4 is 5.91 Å². The Morgan fingerprint density at radius 3 is 1.71 bits per heavy atom. The number of carbonyl (C=O) groups is 1. The summed E-state index contributed by atoms with van der Waals surface area (Å²) in [6.07, 6.45) is -0.947. The molecule has 0 bridgehead atoms. The summed E-state index contributed by atoms with van der Waals surface area (Å²) in [4.78, 5) is 17.2. The molecule has 0 aliphatic heterocycles. The highest BCUT2D eigenvalue weighted by Crippen LogP contribution is 2.13. The number of amides is 1. The van der Waals surface area contributed by atoms with E-state index in [1.807, 2.05) is 12.4 Å². The van der Waals surface area contributed by atoms with Crippen LogP contribution >= 0.6 is 0 Å². The fraction of sp³-hybridized carbons (Fsp3) is 0.938. The number of nitrogens with zero attached hydrogens (tertiary/aromatic N) is 3. The van der Waals surface area contributed by atoms with Crippen molar-refractivity contribution in [3.05, 3.63) is 0 Å². The third kappa shape index (κ3) is 13.6. The van der Waals surface area contributed by atoms with Gasteiger partial charge in [0.1, 0.15) is 0 Å². The number of hydrogen-bond acceptors (Lipinski definition) is 4. The topological polar surface area (TPSA) is 38.8 Å². The minimum atomic E-state index is -4.79. The zero-order chi connectivity index (χ0) is 18.6. The van der Waals surface area contributed by atoms with Crippen LogP contribution in [0.3, 0.4) is 0 Å². The Morgan fingerprint density at radius 2 is 1.25 bits per heavy atom. The number of nitrogens with one attached hydrogen (secondary N) is 1. The molecule has 0 fully saturated rings. The SMILES string of the molecule is CN(C)CCCN(C)CCCCN(C)CCCNC(=O)C(F)(F)F. The lowest BCUT2D eigenvalue weighted by molar-refractivity contribution is -0.173. The second-order valence-electron chi connectivity index (χ2n) is 6.58. The van der Waals surface area contributed by atoms with E-state index in [2.05, 4.69) is 35.8 Å². The van der Waals surface area contributed by atoms with Gasteiger partial charge in [-0.05, 0) is 86.6 Å². The zero-order valence-electron chi connectivity index (χ0n) is 15.5. The van der Waals surface area contributed by atoms with Gasteiger partial charge in [-0.1, -0.05) is 0 Å². The first kappa shape index (κ1) is 23.1. The van der Waals surface area contributed by atoms with Crippen molar-refractivity contribution < 1.29 is 18.0 Å². The molecule has 0 aromatic heterocycles. The summed E-state index contributed by atoms with van der Waals surface area (Å²) in [5, 5.41) is 1.89. The van der Waals surface area contributed by atoms with Crippen LogP contribution in [0.25, 0.3) is 0 Å². The van der Waals surface area contributed by atoms with Gasteiger partial charge in [-0.3, -0.25) is 4.79 Å². The smallest absolute Gasteiger partial charge is 0.348 e. The van der Waals surface area contributed by atoms with Gasteiger partial charge in [0, 0.05) is 6.54 Å². The molecule has 0 aromatic carbocycles. The summed E-state index contributed by atoms with van der Waals surface area (Å²) in [5.74, 6) is -1.86. The zero-order valence-corrected chi connectivity index (χ0v) is 15.5. The van der Waals surface area contributed by atoms with Crippen LogP contribution in [0.5, 0.6) is 0 Å². The Bertz CT molecular complexity index is 338. The largest absolute Gasteiger partial charge is 0.471 e. The van der Waals surface area contributed by atoms with Crippen LogP contribution in [0.2, 0.25) is 0 Å². The first-order valence-corrected chi connectivity index (χ1v) is 8.49. The van der Waals surface area contributed by atoms with E-state index in [4.69, 9.17) is 0 Å². The van der Waals surface area contributed by atoms with Gasteiger partial charge in [0.15, 0.2) is 0 Å². The van der Waals surface area contributed by atoms with E-state index in [1.165, 1.54) is 0 Å². The number of alkyl halides is 3. The molecule has 0 heterocycles. The third-order valence-electron chi connectivity index (χ3n) is 3.73. The lowest BCUT2D eigenvalue weighted by Crippen LogP contribution is -2.38. The van der Waals surface area contributed by atoms with Crippen LogP contribution < -0.4 is 5.32 Å². The fourth-order valence-corrected chi connectivity index (χ4v) is 2.30. The van der Waals surface area contributed by atoms with Gasteiger partial charge in [0.2, 0.25) is 0 Å². The maximum Gasteiger partial charge on any atom is 0.471 e. The monoisotopic (exact) mass is 354 g/mol. The van der Waals surface area contributed by atoms with Crippen LogP contribution in [0, 0.1) is 0 Å². The lowest BCUT2D eigenvalue weighted by Gasteiger charge is -2.20. The number of hydrogen-bond donors (Lipinski definition) is 1. The molecule has 0 spiro atoms. The van der Waals surface area contributed by atoms with Gasteiger partial charge >= 0.3 is 12.1 Å². The van der Waals surface area contributed by atoms with E-state index >= 15 is 0 Å². The number of halogens is 3. The quantitative estimate of drug-likeness (QED) is 0.511. The molecule has 5 nitrogen and oxygen atoms in total. The molecule has 0 radical (unpaired) electrons. The van der Waals surface area contributed by atoms with Crippen LogP contribution in [0.15, 0.2) is 0 Å². The van der Waals surface area contributed by atoms with E-state index < -0.39 is 12.1 Å². The van der Waals surface area contributed by atoms with Gasteiger partial charge < -0.3 is 20.0 Å². The van der Waals surface area contributed by atoms with Gasteiger partial charge in [-0.2, -0.15) is 13.2 Å². The van der Waals surface area contributed by atoms with E-state index in [1.54, 1.807) is 0 Å². The molecule has 0 saturated carbocycles. The summed E-state index contributed by atoms with van der Waals surface area (Å²) in [6, 6.07) is 0.